The smallest absolute Gasteiger partial charge is 0.0431 e. The lowest BCUT2D eigenvalue weighted by atomic mass is 9.89. The lowest BCUT2D eigenvalue weighted by Gasteiger charge is -2.17. The molecule has 0 atom stereocenters. The van der Waals surface area contributed by atoms with E-state index in [0.29, 0.717) is 6.61 Å². The predicted octanol–water partition coefficient (Wildman–Crippen LogP) is 10.00. The Bertz CT molecular complexity index is 259. The molecule has 0 aliphatic carbocycles. The second-order valence-corrected chi connectivity index (χ2v) is 9.67. The van der Waals surface area contributed by atoms with Gasteiger partial charge in [-0.3, -0.25) is 0 Å². The van der Waals surface area contributed by atoms with E-state index < -0.39 is 0 Å². The van der Waals surface area contributed by atoms with Crippen molar-refractivity contribution in [2.45, 2.75) is 168 Å². The van der Waals surface area contributed by atoms with Gasteiger partial charge in [0.2, 0.25) is 0 Å². The molecule has 0 bridgehead atoms. The number of unbranched alkanes of at least 4 members (excludes halogenated alkanes) is 18. The average molecular weight is 411 g/mol. The highest BCUT2D eigenvalue weighted by Gasteiger charge is 2.08. The molecule has 0 fully saturated rings. The molecule has 176 valence electrons. The monoisotopic (exact) mass is 410 g/mol. The molecule has 0 radical (unpaired) electrons. The van der Waals surface area contributed by atoms with Gasteiger partial charge in [0.15, 0.2) is 0 Å². The summed E-state index contributed by atoms with van der Waals surface area (Å²) in [5, 5.41) is 8.82. The summed E-state index contributed by atoms with van der Waals surface area (Å²) in [4.78, 5) is 0. The minimum Gasteiger partial charge on any atom is -0.396 e. The molecule has 0 spiro atoms. The molecule has 1 N–H and O–H groups in total. The highest BCUT2D eigenvalue weighted by Crippen LogP contribution is 2.24. The van der Waals surface area contributed by atoms with Gasteiger partial charge in [0.1, 0.15) is 0 Å². The van der Waals surface area contributed by atoms with E-state index in [1.54, 1.807) is 0 Å². The second kappa shape index (κ2) is 26.0. The lowest BCUT2D eigenvalue weighted by Crippen LogP contribution is -2.01. The van der Waals surface area contributed by atoms with Crippen LogP contribution in [-0.2, 0) is 0 Å². The normalized spacial score (nSPS) is 11.6. The molecule has 0 heterocycles. The molecule has 0 aliphatic heterocycles. The van der Waals surface area contributed by atoms with Gasteiger partial charge in [0.05, 0.1) is 0 Å². The molecule has 1 heteroatoms. The van der Waals surface area contributed by atoms with E-state index in [1.165, 1.54) is 148 Å². The fourth-order valence-corrected chi connectivity index (χ4v) is 4.64. The van der Waals surface area contributed by atoms with Crippen molar-refractivity contribution in [3.05, 3.63) is 0 Å². The summed E-state index contributed by atoms with van der Waals surface area (Å²) in [6.45, 7) is 5.00. The van der Waals surface area contributed by atoms with Crippen LogP contribution in [-0.4, -0.2) is 11.7 Å². The third-order valence-electron chi connectivity index (χ3n) is 6.70. The maximum Gasteiger partial charge on any atom is 0.0431 e. The first-order valence-corrected chi connectivity index (χ1v) is 14.0. The highest BCUT2D eigenvalue weighted by molar-refractivity contribution is 4.62. The summed E-state index contributed by atoms with van der Waals surface area (Å²) in [6, 6.07) is 0. The zero-order valence-corrected chi connectivity index (χ0v) is 20.7. The Morgan fingerprint density at radius 1 is 0.379 bits per heavy atom. The summed E-state index contributed by atoms with van der Waals surface area (Å²) < 4.78 is 0. The van der Waals surface area contributed by atoms with Crippen LogP contribution in [0.4, 0.5) is 0 Å². The third kappa shape index (κ3) is 24.1. The van der Waals surface area contributed by atoms with Crippen molar-refractivity contribution in [1.82, 2.24) is 0 Å². The highest BCUT2D eigenvalue weighted by atomic mass is 16.2. The first-order chi connectivity index (χ1) is 14.3. The largest absolute Gasteiger partial charge is 0.396 e. The topological polar surface area (TPSA) is 20.2 Å². The maximum atomic E-state index is 8.82. The number of aliphatic hydroxyl groups is 1. The molecule has 0 aromatic rings. The van der Waals surface area contributed by atoms with E-state index in [1.807, 2.05) is 0 Å². The van der Waals surface area contributed by atoms with Gasteiger partial charge in [-0.05, 0) is 12.3 Å². The van der Waals surface area contributed by atoms with Crippen LogP contribution in [0.3, 0.4) is 0 Å². The van der Waals surface area contributed by atoms with Crippen LogP contribution in [0.2, 0.25) is 0 Å². The van der Waals surface area contributed by atoms with Crippen LogP contribution in [0, 0.1) is 5.92 Å². The molecular weight excluding hydrogens is 352 g/mol. The zero-order valence-electron chi connectivity index (χ0n) is 20.7. The maximum absolute atomic E-state index is 8.82. The Morgan fingerprint density at radius 3 is 0.966 bits per heavy atom. The van der Waals surface area contributed by atoms with Gasteiger partial charge in [-0.15, -0.1) is 0 Å². The summed E-state index contributed by atoms with van der Waals surface area (Å²) in [5.74, 6) is 1.02. The van der Waals surface area contributed by atoms with Crippen LogP contribution < -0.4 is 0 Å². The minimum atomic E-state index is 0.374. The first kappa shape index (κ1) is 29.0. The number of hydrogen-bond acceptors (Lipinski definition) is 1. The number of hydrogen-bond donors (Lipinski definition) is 1. The Hall–Kier alpha value is -0.0400. The summed E-state index contributed by atoms with van der Waals surface area (Å²) in [7, 11) is 0. The van der Waals surface area contributed by atoms with Crippen LogP contribution in [0.5, 0.6) is 0 Å². The average Bonchev–Trinajstić information content (AvgIpc) is 2.73. The van der Waals surface area contributed by atoms with Crippen LogP contribution in [0.15, 0.2) is 0 Å². The van der Waals surface area contributed by atoms with E-state index in [4.69, 9.17) is 5.11 Å². The SMILES string of the molecule is CCCCCCCCC(CCCCCCCC)CCCCCCCCCCCO. The first-order valence-electron chi connectivity index (χ1n) is 14.0. The third-order valence-corrected chi connectivity index (χ3v) is 6.70. The fraction of sp³-hybridized carbons (Fsp3) is 1.00. The molecule has 1 nitrogen and oxygen atoms in total. The summed E-state index contributed by atoms with van der Waals surface area (Å²) in [6.07, 6.45) is 34.0. The van der Waals surface area contributed by atoms with E-state index >= 15 is 0 Å². The molecule has 0 aromatic carbocycles. The summed E-state index contributed by atoms with van der Waals surface area (Å²) in [5.41, 5.74) is 0. The molecule has 0 rings (SSSR count). The number of rotatable bonds is 25. The molecule has 0 aliphatic rings. The fourth-order valence-electron chi connectivity index (χ4n) is 4.64. The predicted molar refractivity (Wildman–Crippen MR) is 133 cm³/mol. The minimum absolute atomic E-state index is 0.374. The van der Waals surface area contributed by atoms with Crippen molar-refractivity contribution in [1.29, 1.82) is 0 Å². The van der Waals surface area contributed by atoms with Crippen molar-refractivity contribution < 1.29 is 5.11 Å². The van der Waals surface area contributed by atoms with E-state index in [2.05, 4.69) is 13.8 Å². The molecule has 0 amide bonds. The van der Waals surface area contributed by atoms with Crippen molar-refractivity contribution in [3.8, 4) is 0 Å². The van der Waals surface area contributed by atoms with Crippen molar-refractivity contribution in [2.24, 2.45) is 5.92 Å². The van der Waals surface area contributed by atoms with Crippen molar-refractivity contribution in [3.63, 3.8) is 0 Å². The van der Waals surface area contributed by atoms with E-state index in [9.17, 15) is 0 Å². The Labute approximate surface area is 185 Å². The van der Waals surface area contributed by atoms with Crippen LogP contribution in [0.1, 0.15) is 168 Å². The Balaban J connectivity index is 3.74. The molecular formula is C28H58O. The standard InChI is InChI=1S/C28H58O/c1-3-5-7-9-16-20-24-28(25-21-17-10-8-6-4-2)26-22-18-14-12-11-13-15-19-23-27-29/h28-29H,3-27H2,1-2H3. The van der Waals surface area contributed by atoms with E-state index in [0.717, 1.165) is 12.3 Å². The van der Waals surface area contributed by atoms with Gasteiger partial charge in [0.25, 0.3) is 0 Å². The van der Waals surface area contributed by atoms with Gasteiger partial charge in [0, 0.05) is 6.61 Å². The molecule has 0 saturated carbocycles. The van der Waals surface area contributed by atoms with Crippen LogP contribution >= 0.6 is 0 Å². The Morgan fingerprint density at radius 2 is 0.655 bits per heavy atom. The molecule has 0 unspecified atom stereocenters. The van der Waals surface area contributed by atoms with Gasteiger partial charge in [-0.2, -0.15) is 0 Å². The Kier molecular flexibility index (Phi) is 26.0. The van der Waals surface area contributed by atoms with Gasteiger partial charge in [-0.1, -0.05) is 162 Å². The van der Waals surface area contributed by atoms with E-state index in [-0.39, 0.29) is 0 Å². The van der Waals surface area contributed by atoms with Crippen molar-refractivity contribution >= 4 is 0 Å². The van der Waals surface area contributed by atoms with Gasteiger partial charge < -0.3 is 5.11 Å². The van der Waals surface area contributed by atoms with Gasteiger partial charge >= 0.3 is 0 Å². The summed E-state index contributed by atoms with van der Waals surface area (Å²) >= 11 is 0. The zero-order chi connectivity index (χ0) is 21.3. The second-order valence-electron chi connectivity index (χ2n) is 9.67. The van der Waals surface area contributed by atoms with Crippen molar-refractivity contribution in [2.75, 3.05) is 6.61 Å². The lowest BCUT2D eigenvalue weighted by molar-refractivity contribution is 0.282. The molecule has 0 saturated heterocycles. The van der Waals surface area contributed by atoms with Crippen LogP contribution in [0.25, 0.3) is 0 Å². The number of aliphatic hydroxyl groups excluding tert-OH is 1. The quantitative estimate of drug-likeness (QED) is 0.148. The molecule has 29 heavy (non-hydrogen) atoms. The van der Waals surface area contributed by atoms with Gasteiger partial charge in [-0.25, -0.2) is 0 Å². The molecule has 0 aromatic heterocycles.